The second kappa shape index (κ2) is 4.43. The van der Waals surface area contributed by atoms with E-state index in [4.69, 9.17) is 4.74 Å². The molecule has 3 heteroatoms. The van der Waals surface area contributed by atoms with Gasteiger partial charge in [-0.25, -0.2) is 0 Å². The zero-order chi connectivity index (χ0) is 10.7. The number of hydrogen-bond donors (Lipinski definition) is 0. The first-order valence-electron chi connectivity index (χ1n) is 5.33. The van der Waals surface area contributed by atoms with Crippen LogP contribution in [0, 0.1) is 0 Å². The lowest BCUT2D eigenvalue weighted by atomic mass is 9.83. The van der Waals surface area contributed by atoms with E-state index in [1.165, 1.54) is 0 Å². The standard InChI is InChI=1S/C12H15NO2/c1-15-10-6-9(7-13-8-10)11-4-2-3-5-12(11)14/h6-8,11H,2-5H2,1H3. The van der Waals surface area contributed by atoms with E-state index in [1.807, 2.05) is 6.07 Å². The summed E-state index contributed by atoms with van der Waals surface area (Å²) in [6.07, 6.45) is 7.27. The number of hydrogen-bond acceptors (Lipinski definition) is 3. The molecular formula is C12H15NO2. The van der Waals surface area contributed by atoms with Crippen molar-refractivity contribution in [3.05, 3.63) is 24.0 Å². The molecule has 2 rings (SSSR count). The van der Waals surface area contributed by atoms with Crippen LogP contribution in [-0.4, -0.2) is 17.9 Å². The summed E-state index contributed by atoms with van der Waals surface area (Å²) < 4.78 is 5.11. The van der Waals surface area contributed by atoms with Crippen LogP contribution in [0.15, 0.2) is 18.5 Å². The van der Waals surface area contributed by atoms with Crippen molar-refractivity contribution in [2.45, 2.75) is 31.6 Å². The average Bonchev–Trinajstić information content (AvgIpc) is 2.30. The van der Waals surface area contributed by atoms with E-state index in [2.05, 4.69) is 4.98 Å². The van der Waals surface area contributed by atoms with E-state index in [9.17, 15) is 4.79 Å². The van der Waals surface area contributed by atoms with Crippen molar-refractivity contribution in [1.29, 1.82) is 0 Å². The molecule has 1 heterocycles. The highest BCUT2D eigenvalue weighted by atomic mass is 16.5. The lowest BCUT2D eigenvalue weighted by Gasteiger charge is -2.20. The zero-order valence-electron chi connectivity index (χ0n) is 8.90. The Labute approximate surface area is 89.5 Å². The van der Waals surface area contributed by atoms with Crippen molar-refractivity contribution in [3.63, 3.8) is 0 Å². The topological polar surface area (TPSA) is 39.2 Å². The van der Waals surface area contributed by atoms with Gasteiger partial charge >= 0.3 is 0 Å². The maximum Gasteiger partial charge on any atom is 0.140 e. The number of methoxy groups -OCH3 is 1. The van der Waals surface area contributed by atoms with Crippen molar-refractivity contribution in [1.82, 2.24) is 4.98 Å². The molecular weight excluding hydrogens is 190 g/mol. The number of carbonyl (C=O) groups is 1. The largest absolute Gasteiger partial charge is 0.495 e. The van der Waals surface area contributed by atoms with Gasteiger partial charge in [0.15, 0.2) is 0 Å². The summed E-state index contributed by atoms with van der Waals surface area (Å²) in [5, 5.41) is 0. The molecule has 3 nitrogen and oxygen atoms in total. The lowest BCUT2D eigenvalue weighted by molar-refractivity contribution is -0.121. The first kappa shape index (κ1) is 10.1. The minimum absolute atomic E-state index is 0.0429. The van der Waals surface area contributed by atoms with E-state index >= 15 is 0 Å². The van der Waals surface area contributed by atoms with Gasteiger partial charge in [0.05, 0.1) is 13.3 Å². The third kappa shape index (κ3) is 2.17. The zero-order valence-corrected chi connectivity index (χ0v) is 8.90. The molecule has 0 amide bonds. The Morgan fingerprint density at radius 2 is 2.27 bits per heavy atom. The number of ether oxygens (including phenoxy) is 1. The summed E-state index contributed by atoms with van der Waals surface area (Å²) in [5.41, 5.74) is 0.999. The number of ketones is 1. The molecule has 0 N–H and O–H groups in total. The third-order valence-corrected chi connectivity index (χ3v) is 2.93. The lowest BCUT2D eigenvalue weighted by Crippen LogP contribution is -2.17. The Kier molecular flexibility index (Phi) is 2.99. The molecule has 80 valence electrons. The van der Waals surface area contributed by atoms with Gasteiger partial charge in [-0.1, -0.05) is 6.42 Å². The van der Waals surface area contributed by atoms with Gasteiger partial charge in [0.1, 0.15) is 11.5 Å². The Balaban J connectivity index is 2.23. The van der Waals surface area contributed by atoms with E-state index in [1.54, 1.807) is 19.5 Å². The summed E-state index contributed by atoms with van der Waals surface area (Å²) in [6, 6.07) is 1.92. The number of nitrogens with zero attached hydrogens (tertiary/aromatic N) is 1. The molecule has 1 saturated carbocycles. The molecule has 1 aromatic rings. The van der Waals surface area contributed by atoms with Crippen molar-refractivity contribution in [2.75, 3.05) is 7.11 Å². The van der Waals surface area contributed by atoms with Crippen molar-refractivity contribution < 1.29 is 9.53 Å². The van der Waals surface area contributed by atoms with Gasteiger partial charge < -0.3 is 4.74 Å². The molecule has 1 atom stereocenters. The number of aromatic nitrogens is 1. The minimum Gasteiger partial charge on any atom is -0.495 e. The van der Waals surface area contributed by atoms with Crippen LogP contribution < -0.4 is 4.74 Å². The third-order valence-electron chi connectivity index (χ3n) is 2.93. The molecule has 1 aliphatic carbocycles. The van der Waals surface area contributed by atoms with Crippen LogP contribution in [-0.2, 0) is 4.79 Å². The minimum atomic E-state index is 0.0429. The summed E-state index contributed by atoms with van der Waals surface area (Å²) in [5.74, 6) is 1.11. The molecule has 0 spiro atoms. The SMILES string of the molecule is COc1cncc(C2CCCCC2=O)c1. The van der Waals surface area contributed by atoms with Gasteiger partial charge in [0.2, 0.25) is 0 Å². The molecule has 0 aromatic carbocycles. The predicted molar refractivity (Wildman–Crippen MR) is 57.0 cm³/mol. The highest BCUT2D eigenvalue weighted by Gasteiger charge is 2.24. The van der Waals surface area contributed by atoms with Crippen molar-refractivity contribution in [3.8, 4) is 5.75 Å². The summed E-state index contributed by atoms with van der Waals surface area (Å²) in [4.78, 5) is 15.8. The fourth-order valence-electron chi connectivity index (χ4n) is 2.07. The second-order valence-corrected chi connectivity index (χ2v) is 3.92. The van der Waals surface area contributed by atoms with Gasteiger partial charge in [-0.15, -0.1) is 0 Å². The molecule has 1 aliphatic rings. The normalized spacial score (nSPS) is 21.4. The molecule has 0 radical (unpaired) electrons. The van der Waals surface area contributed by atoms with Gasteiger partial charge in [-0.3, -0.25) is 9.78 Å². The van der Waals surface area contributed by atoms with Crippen LogP contribution >= 0.6 is 0 Å². The van der Waals surface area contributed by atoms with Crippen LogP contribution in [0.3, 0.4) is 0 Å². The summed E-state index contributed by atoms with van der Waals surface area (Å²) in [7, 11) is 1.61. The summed E-state index contributed by atoms with van der Waals surface area (Å²) in [6.45, 7) is 0. The van der Waals surface area contributed by atoms with Gasteiger partial charge in [0.25, 0.3) is 0 Å². The molecule has 1 fully saturated rings. The fourth-order valence-corrected chi connectivity index (χ4v) is 2.07. The quantitative estimate of drug-likeness (QED) is 0.743. The number of Topliss-reactive ketones (excluding diaryl/α,β-unsaturated/α-hetero) is 1. The molecule has 15 heavy (non-hydrogen) atoms. The van der Waals surface area contributed by atoms with Gasteiger partial charge in [-0.05, 0) is 24.5 Å². The Bertz CT molecular complexity index is 362. The van der Waals surface area contributed by atoms with Gasteiger partial charge in [-0.2, -0.15) is 0 Å². The number of carbonyl (C=O) groups excluding carboxylic acids is 1. The summed E-state index contributed by atoms with van der Waals surface area (Å²) >= 11 is 0. The van der Waals surface area contributed by atoms with Crippen molar-refractivity contribution >= 4 is 5.78 Å². The van der Waals surface area contributed by atoms with Crippen molar-refractivity contribution in [2.24, 2.45) is 0 Å². The molecule has 0 bridgehead atoms. The average molecular weight is 205 g/mol. The molecule has 0 saturated heterocycles. The number of pyridine rings is 1. The Morgan fingerprint density at radius 3 is 3.00 bits per heavy atom. The maximum atomic E-state index is 11.7. The highest BCUT2D eigenvalue weighted by molar-refractivity contribution is 5.86. The van der Waals surface area contributed by atoms with E-state index < -0.39 is 0 Å². The van der Waals surface area contributed by atoms with Crippen LogP contribution in [0.4, 0.5) is 0 Å². The van der Waals surface area contributed by atoms with E-state index in [0.717, 1.165) is 30.6 Å². The van der Waals surface area contributed by atoms with Crippen LogP contribution in [0.5, 0.6) is 5.75 Å². The fraction of sp³-hybridized carbons (Fsp3) is 0.500. The Morgan fingerprint density at radius 1 is 1.40 bits per heavy atom. The smallest absolute Gasteiger partial charge is 0.140 e. The number of rotatable bonds is 2. The first-order valence-corrected chi connectivity index (χ1v) is 5.33. The van der Waals surface area contributed by atoms with Crippen LogP contribution in [0.25, 0.3) is 0 Å². The Hall–Kier alpha value is -1.38. The molecule has 0 aliphatic heterocycles. The second-order valence-electron chi connectivity index (χ2n) is 3.92. The van der Waals surface area contributed by atoms with E-state index in [0.29, 0.717) is 12.2 Å². The molecule has 1 aromatic heterocycles. The van der Waals surface area contributed by atoms with Gasteiger partial charge in [0, 0.05) is 18.5 Å². The van der Waals surface area contributed by atoms with Crippen LogP contribution in [0.2, 0.25) is 0 Å². The van der Waals surface area contributed by atoms with E-state index in [-0.39, 0.29) is 5.92 Å². The van der Waals surface area contributed by atoms with Crippen LogP contribution in [0.1, 0.15) is 37.2 Å². The maximum absolute atomic E-state index is 11.7. The first-order chi connectivity index (χ1) is 7.31. The monoisotopic (exact) mass is 205 g/mol. The highest BCUT2D eigenvalue weighted by Crippen LogP contribution is 2.30. The predicted octanol–water partition coefficient (Wildman–Crippen LogP) is 2.32. The molecule has 1 unspecified atom stereocenters.